The monoisotopic (exact) mass is 478 g/mol. The van der Waals surface area contributed by atoms with Gasteiger partial charge in [0.25, 0.3) is 0 Å². The molecule has 3 aromatic rings. The number of hydrogen-bond acceptors (Lipinski definition) is 4. The highest BCUT2D eigenvalue weighted by atomic mass is 32.2. The molecule has 0 unspecified atom stereocenters. The molecule has 3 rings (SSSR count). The average molecular weight is 478 g/mol. The smallest absolute Gasteiger partial charge is 0.245 e. The summed E-state index contributed by atoms with van der Waals surface area (Å²) in [7, 11) is -2.96. The lowest BCUT2D eigenvalue weighted by Crippen LogP contribution is -2.45. The molecule has 0 aliphatic rings. The van der Waals surface area contributed by atoms with E-state index in [2.05, 4.69) is 10.0 Å². The van der Waals surface area contributed by atoms with Gasteiger partial charge in [-0.2, -0.15) is 4.72 Å². The number of anilines is 1. The van der Waals surface area contributed by atoms with Gasteiger partial charge in [0.1, 0.15) is 16.7 Å². The average Bonchev–Trinajstić information content (AvgIpc) is 2.79. The lowest BCUT2D eigenvalue weighted by molar-refractivity contribution is -0.117. The number of halogens is 3. The number of ether oxygens (including phenoxy) is 1. The van der Waals surface area contributed by atoms with Crippen LogP contribution in [0.2, 0.25) is 0 Å². The van der Waals surface area contributed by atoms with E-state index in [-0.39, 0.29) is 17.1 Å². The van der Waals surface area contributed by atoms with Gasteiger partial charge in [-0.15, -0.1) is 0 Å². The van der Waals surface area contributed by atoms with E-state index in [0.717, 1.165) is 6.07 Å². The zero-order chi connectivity index (χ0) is 24.2. The second kappa shape index (κ2) is 10.1. The quantitative estimate of drug-likeness (QED) is 0.481. The Labute approximate surface area is 189 Å². The number of sulfonamides is 1. The molecule has 174 valence electrons. The molecule has 1 atom stereocenters. The van der Waals surface area contributed by atoms with Crippen LogP contribution in [0.25, 0.3) is 0 Å². The normalized spacial score (nSPS) is 12.3. The van der Waals surface area contributed by atoms with Gasteiger partial charge < -0.3 is 10.1 Å². The minimum absolute atomic E-state index is 0.0682. The van der Waals surface area contributed by atoms with Crippen molar-refractivity contribution in [2.24, 2.45) is 0 Å². The summed E-state index contributed by atoms with van der Waals surface area (Å²) in [5, 5.41) is 2.13. The van der Waals surface area contributed by atoms with Crippen LogP contribution in [0.4, 0.5) is 18.9 Å². The minimum Gasteiger partial charge on any atom is -0.495 e. The largest absolute Gasteiger partial charge is 0.495 e. The van der Waals surface area contributed by atoms with Crippen LogP contribution in [0, 0.1) is 24.4 Å². The van der Waals surface area contributed by atoms with Gasteiger partial charge in [0.15, 0.2) is 17.5 Å². The van der Waals surface area contributed by atoms with Crippen molar-refractivity contribution in [2.45, 2.75) is 24.3 Å². The molecule has 0 spiro atoms. The first-order valence-corrected chi connectivity index (χ1v) is 11.3. The van der Waals surface area contributed by atoms with Crippen LogP contribution in [-0.4, -0.2) is 27.5 Å². The molecular formula is C23H21F3N2O4S. The fraction of sp³-hybridized carbons (Fsp3) is 0.174. The summed E-state index contributed by atoms with van der Waals surface area (Å²) in [6.45, 7) is 1.69. The maximum absolute atomic E-state index is 14.1. The van der Waals surface area contributed by atoms with Crippen LogP contribution in [0.15, 0.2) is 65.6 Å². The van der Waals surface area contributed by atoms with Crippen LogP contribution in [0.1, 0.15) is 11.1 Å². The van der Waals surface area contributed by atoms with Gasteiger partial charge in [-0.25, -0.2) is 21.6 Å². The number of amides is 1. The minimum atomic E-state index is -4.27. The number of benzene rings is 3. The van der Waals surface area contributed by atoms with Gasteiger partial charge in [0.2, 0.25) is 15.9 Å². The molecule has 0 heterocycles. The van der Waals surface area contributed by atoms with E-state index in [1.807, 2.05) is 0 Å². The maximum Gasteiger partial charge on any atom is 0.245 e. The molecule has 0 aliphatic heterocycles. The molecule has 0 fully saturated rings. The van der Waals surface area contributed by atoms with Crippen LogP contribution >= 0.6 is 0 Å². The molecule has 10 heteroatoms. The van der Waals surface area contributed by atoms with Crippen LogP contribution in [-0.2, 0) is 21.2 Å². The summed E-state index contributed by atoms with van der Waals surface area (Å²) >= 11 is 0. The highest BCUT2D eigenvalue weighted by Crippen LogP contribution is 2.25. The first kappa shape index (κ1) is 24.3. The second-order valence-corrected chi connectivity index (χ2v) is 8.91. The standard InChI is InChI=1S/C23H21F3N2O4S/c1-14-8-11-19(32-2)20(12-14)33(30,31)28-18(13-15-6-4-3-5-7-15)23(29)27-17-10-9-16(24)21(25)22(17)26/h3-12,18,28H,13H2,1-2H3,(H,27,29)/t18-/m0/s1. The Morgan fingerprint density at radius 2 is 1.70 bits per heavy atom. The third-order valence-electron chi connectivity index (χ3n) is 4.80. The van der Waals surface area contributed by atoms with E-state index in [0.29, 0.717) is 17.2 Å². The van der Waals surface area contributed by atoms with E-state index < -0.39 is 45.1 Å². The fourth-order valence-electron chi connectivity index (χ4n) is 3.12. The molecule has 0 saturated carbocycles. The Hall–Kier alpha value is -3.37. The van der Waals surface area contributed by atoms with Crippen molar-refractivity contribution in [1.29, 1.82) is 0 Å². The molecule has 0 bridgehead atoms. The lowest BCUT2D eigenvalue weighted by Gasteiger charge is -2.20. The third kappa shape index (κ3) is 5.71. The second-order valence-electron chi connectivity index (χ2n) is 7.23. The predicted molar refractivity (Wildman–Crippen MR) is 117 cm³/mol. The number of methoxy groups -OCH3 is 1. The van der Waals surface area contributed by atoms with Gasteiger partial charge in [0, 0.05) is 0 Å². The summed E-state index contributed by atoms with van der Waals surface area (Å²) in [6.07, 6.45) is -0.0919. The van der Waals surface area contributed by atoms with Crippen LogP contribution < -0.4 is 14.8 Å². The number of aryl methyl sites for hydroxylation is 1. The molecular weight excluding hydrogens is 457 g/mol. The molecule has 33 heavy (non-hydrogen) atoms. The molecule has 0 aliphatic carbocycles. The molecule has 1 amide bonds. The first-order valence-electron chi connectivity index (χ1n) is 9.77. The third-order valence-corrected chi connectivity index (χ3v) is 6.29. The van der Waals surface area contributed by atoms with Gasteiger partial charge >= 0.3 is 0 Å². The molecule has 0 aromatic heterocycles. The molecule has 0 saturated heterocycles. The SMILES string of the molecule is COc1ccc(C)cc1S(=O)(=O)N[C@@H](Cc1ccccc1)C(=O)Nc1ccc(F)c(F)c1F. The maximum atomic E-state index is 14.1. The van der Waals surface area contributed by atoms with Gasteiger partial charge in [-0.1, -0.05) is 36.4 Å². The van der Waals surface area contributed by atoms with E-state index in [1.54, 1.807) is 43.3 Å². The van der Waals surface area contributed by atoms with Gasteiger partial charge in [-0.3, -0.25) is 4.79 Å². The number of carbonyl (C=O) groups is 1. The van der Waals surface area contributed by atoms with Crippen molar-refractivity contribution in [3.05, 3.63) is 89.2 Å². The van der Waals surface area contributed by atoms with Gasteiger partial charge in [-0.05, 0) is 48.7 Å². The summed E-state index contributed by atoms with van der Waals surface area (Å²) in [5.41, 5.74) is 0.635. The fourth-order valence-corrected chi connectivity index (χ4v) is 4.57. The summed E-state index contributed by atoms with van der Waals surface area (Å²) in [4.78, 5) is 12.8. The zero-order valence-corrected chi connectivity index (χ0v) is 18.5. The number of rotatable bonds is 8. The molecule has 3 aromatic carbocycles. The van der Waals surface area contributed by atoms with E-state index >= 15 is 0 Å². The zero-order valence-electron chi connectivity index (χ0n) is 17.7. The van der Waals surface area contributed by atoms with Crippen LogP contribution in [0.3, 0.4) is 0 Å². The van der Waals surface area contributed by atoms with Crippen molar-refractivity contribution in [3.8, 4) is 5.75 Å². The Bertz CT molecular complexity index is 1270. The Morgan fingerprint density at radius 3 is 2.36 bits per heavy atom. The number of hydrogen-bond donors (Lipinski definition) is 2. The molecule has 2 N–H and O–H groups in total. The Balaban J connectivity index is 1.95. The van der Waals surface area contributed by atoms with E-state index in [4.69, 9.17) is 4.74 Å². The van der Waals surface area contributed by atoms with Gasteiger partial charge in [0.05, 0.1) is 12.8 Å². The van der Waals surface area contributed by atoms with E-state index in [9.17, 15) is 26.4 Å². The summed E-state index contributed by atoms with van der Waals surface area (Å²) in [6, 6.07) is 13.1. The summed E-state index contributed by atoms with van der Waals surface area (Å²) < 4.78 is 74.6. The van der Waals surface area contributed by atoms with E-state index in [1.165, 1.54) is 19.2 Å². The van der Waals surface area contributed by atoms with Crippen LogP contribution in [0.5, 0.6) is 5.75 Å². The molecule has 0 radical (unpaired) electrons. The summed E-state index contributed by atoms with van der Waals surface area (Å²) in [5.74, 6) is -5.65. The van der Waals surface area contributed by atoms with Crippen molar-refractivity contribution >= 4 is 21.6 Å². The number of carbonyl (C=O) groups excluding carboxylic acids is 1. The predicted octanol–water partition coefficient (Wildman–Crippen LogP) is 3.95. The topological polar surface area (TPSA) is 84.5 Å². The van der Waals surface area contributed by atoms with Crippen molar-refractivity contribution in [2.75, 3.05) is 12.4 Å². The Morgan fingerprint density at radius 1 is 1.00 bits per heavy atom. The van der Waals surface area contributed by atoms with Crippen molar-refractivity contribution in [3.63, 3.8) is 0 Å². The highest BCUT2D eigenvalue weighted by molar-refractivity contribution is 7.89. The first-order chi connectivity index (χ1) is 15.6. The Kier molecular flexibility index (Phi) is 7.39. The lowest BCUT2D eigenvalue weighted by atomic mass is 10.1. The van der Waals surface area contributed by atoms with Crippen molar-refractivity contribution in [1.82, 2.24) is 4.72 Å². The highest BCUT2D eigenvalue weighted by Gasteiger charge is 2.29. The van der Waals surface area contributed by atoms with Crippen molar-refractivity contribution < 1.29 is 31.1 Å². The number of nitrogens with one attached hydrogen (secondary N) is 2. The molecule has 6 nitrogen and oxygen atoms in total.